The number of fused-ring (bicyclic) bond motifs is 2. The molecule has 0 unspecified atom stereocenters. The maximum atomic E-state index is 11.1. The Hall–Kier alpha value is -2.72. The van der Waals surface area contributed by atoms with Crippen LogP contribution in [-0.2, 0) is 15.7 Å². The summed E-state index contributed by atoms with van der Waals surface area (Å²) in [5.41, 5.74) is 0. The molecular formula is C20H15O3S+. The Morgan fingerprint density at radius 1 is 0.833 bits per heavy atom. The summed E-state index contributed by atoms with van der Waals surface area (Å²) in [5.74, 6) is 2.03. The molecule has 0 saturated heterocycles. The predicted molar refractivity (Wildman–Crippen MR) is 92.9 cm³/mol. The highest BCUT2D eigenvalue weighted by molar-refractivity contribution is 7.97. The van der Waals surface area contributed by atoms with E-state index in [0.717, 1.165) is 26.2 Å². The molecule has 0 spiro atoms. The number of hydrogen-bond acceptors (Lipinski definition) is 3. The molecule has 1 aliphatic rings. The fraction of sp³-hybridized carbons (Fsp3) is 0.0500. The number of esters is 1. The Kier molecular flexibility index (Phi) is 3.75. The average Bonchev–Trinajstić information content (AvgIpc) is 2.60. The first-order valence-electron chi connectivity index (χ1n) is 7.61. The van der Waals surface area contributed by atoms with E-state index in [0.29, 0.717) is 5.75 Å². The van der Waals surface area contributed by atoms with Crippen molar-refractivity contribution in [2.45, 2.75) is 21.6 Å². The Labute approximate surface area is 143 Å². The molecule has 4 heteroatoms. The van der Waals surface area contributed by atoms with Crippen molar-refractivity contribution in [2.24, 2.45) is 0 Å². The molecule has 0 aliphatic carbocycles. The molecule has 3 aromatic rings. The Morgan fingerprint density at radius 2 is 1.38 bits per heavy atom. The maximum Gasteiger partial charge on any atom is 0.308 e. The van der Waals surface area contributed by atoms with Crippen LogP contribution in [0.25, 0.3) is 0 Å². The van der Waals surface area contributed by atoms with E-state index < -0.39 is 0 Å². The number of para-hydroxylation sites is 2. The third-order valence-electron chi connectivity index (χ3n) is 3.68. The van der Waals surface area contributed by atoms with Gasteiger partial charge in [0.15, 0.2) is 16.4 Å². The zero-order valence-corrected chi connectivity index (χ0v) is 13.9. The van der Waals surface area contributed by atoms with Crippen molar-refractivity contribution in [1.29, 1.82) is 0 Å². The van der Waals surface area contributed by atoms with Crippen LogP contribution in [0.1, 0.15) is 6.92 Å². The van der Waals surface area contributed by atoms with Crippen molar-refractivity contribution in [3.05, 3.63) is 72.8 Å². The molecule has 0 N–H and O–H groups in total. The summed E-state index contributed by atoms with van der Waals surface area (Å²) in [5, 5.41) is 0. The SMILES string of the molecule is CC(=O)Oc1ccc([S+]2c3ccccc3Oc3ccccc32)cc1. The largest absolute Gasteiger partial charge is 0.447 e. The summed E-state index contributed by atoms with van der Waals surface area (Å²) in [7, 11) is -0.244. The van der Waals surface area contributed by atoms with Gasteiger partial charge in [-0.15, -0.1) is 0 Å². The second-order valence-corrected chi connectivity index (χ2v) is 7.33. The minimum Gasteiger partial charge on any atom is -0.447 e. The highest BCUT2D eigenvalue weighted by Crippen LogP contribution is 2.46. The van der Waals surface area contributed by atoms with Gasteiger partial charge >= 0.3 is 5.97 Å². The van der Waals surface area contributed by atoms with Gasteiger partial charge in [0.05, 0.1) is 0 Å². The topological polar surface area (TPSA) is 35.5 Å². The molecule has 0 aromatic heterocycles. The molecule has 0 atom stereocenters. The molecule has 24 heavy (non-hydrogen) atoms. The quantitative estimate of drug-likeness (QED) is 0.299. The first-order chi connectivity index (χ1) is 11.7. The zero-order valence-electron chi connectivity index (χ0n) is 13.1. The lowest BCUT2D eigenvalue weighted by molar-refractivity contribution is -0.131. The van der Waals surface area contributed by atoms with Gasteiger partial charge in [0, 0.05) is 6.92 Å². The lowest BCUT2D eigenvalue weighted by Gasteiger charge is -2.19. The van der Waals surface area contributed by atoms with E-state index >= 15 is 0 Å². The standard InChI is InChI=1S/C20H15O3S/c1-14(21)22-15-10-12-16(13-11-15)24-19-8-4-2-6-17(19)23-18-7-3-5-9-20(18)24/h2-13H,1H3/q+1. The van der Waals surface area contributed by atoms with Crippen molar-refractivity contribution >= 4 is 16.9 Å². The van der Waals surface area contributed by atoms with Crippen LogP contribution < -0.4 is 9.47 Å². The number of rotatable bonds is 2. The van der Waals surface area contributed by atoms with E-state index in [1.165, 1.54) is 6.92 Å². The third kappa shape index (κ3) is 2.65. The van der Waals surface area contributed by atoms with Gasteiger partial charge in [0.1, 0.15) is 16.6 Å². The van der Waals surface area contributed by atoms with Crippen LogP contribution in [0.15, 0.2) is 87.5 Å². The number of ether oxygens (including phenoxy) is 2. The molecule has 0 bridgehead atoms. The van der Waals surface area contributed by atoms with E-state index in [1.54, 1.807) is 0 Å². The second-order valence-electron chi connectivity index (χ2n) is 5.37. The summed E-state index contributed by atoms with van der Waals surface area (Å²) >= 11 is 0. The molecular weight excluding hydrogens is 320 g/mol. The molecule has 0 radical (unpaired) electrons. The van der Waals surface area contributed by atoms with Gasteiger partial charge in [0.25, 0.3) is 0 Å². The normalized spacial score (nSPS) is 12.7. The van der Waals surface area contributed by atoms with Gasteiger partial charge in [-0.1, -0.05) is 24.3 Å². The van der Waals surface area contributed by atoms with Crippen LogP contribution in [0.2, 0.25) is 0 Å². The van der Waals surface area contributed by atoms with Crippen LogP contribution in [-0.4, -0.2) is 5.97 Å². The van der Waals surface area contributed by atoms with Crippen molar-refractivity contribution in [1.82, 2.24) is 0 Å². The number of hydrogen-bond donors (Lipinski definition) is 0. The molecule has 0 amide bonds. The van der Waals surface area contributed by atoms with E-state index in [4.69, 9.17) is 9.47 Å². The summed E-state index contributed by atoms with van der Waals surface area (Å²) < 4.78 is 11.2. The minimum atomic E-state index is -0.313. The zero-order chi connectivity index (χ0) is 16.5. The molecule has 3 aromatic carbocycles. The summed E-state index contributed by atoms with van der Waals surface area (Å²) in [4.78, 5) is 14.6. The fourth-order valence-electron chi connectivity index (χ4n) is 2.71. The van der Waals surface area contributed by atoms with E-state index in [2.05, 4.69) is 12.1 Å². The van der Waals surface area contributed by atoms with Crippen LogP contribution in [0.3, 0.4) is 0 Å². The lowest BCUT2D eigenvalue weighted by atomic mass is 10.3. The Morgan fingerprint density at radius 3 is 1.92 bits per heavy atom. The Balaban J connectivity index is 1.81. The van der Waals surface area contributed by atoms with Gasteiger partial charge in [-0.2, -0.15) is 0 Å². The number of carbonyl (C=O) groups is 1. The van der Waals surface area contributed by atoms with E-state index in [1.807, 2.05) is 60.7 Å². The van der Waals surface area contributed by atoms with E-state index in [-0.39, 0.29) is 16.9 Å². The van der Waals surface area contributed by atoms with Crippen molar-refractivity contribution in [3.63, 3.8) is 0 Å². The smallest absolute Gasteiger partial charge is 0.308 e. The third-order valence-corrected chi connectivity index (χ3v) is 5.98. The number of benzene rings is 3. The molecule has 1 heterocycles. The predicted octanol–water partition coefficient (Wildman–Crippen LogP) is 4.81. The highest BCUT2D eigenvalue weighted by atomic mass is 32.2. The van der Waals surface area contributed by atoms with Gasteiger partial charge in [-0.25, -0.2) is 0 Å². The van der Waals surface area contributed by atoms with Gasteiger partial charge in [-0.05, 0) is 48.5 Å². The van der Waals surface area contributed by atoms with Crippen molar-refractivity contribution < 1.29 is 14.3 Å². The average molecular weight is 335 g/mol. The van der Waals surface area contributed by atoms with Crippen LogP contribution in [0.4, 0.5) is 0 Å². The Bertz CT molecular complexity index is 857. The van der Waals surface area contributed by atoms with Gasteiger partial charge in [0.2, 0.25) is 9.79 Å². The second kappa shape index (κ2) is 6.06. The lowest BCUT2D eigenvalue weighted by Crippen LogP contribution is -2.12. The molecule has 1 aliphatic heterocycles. The molecule has 0 fully saturated rings. The molecule has 4 rings (SSSR count). The fourth-order valence-corrected chi connectivity index (χ4v) is 4.91. The molecule has 118 valence electrons. The highest BCUT2D eigenvalue weighted by Gasteiger charge is 2.38. The summed E-state index contributed by atoms with van der Waals surface area (Å²) in [6.45, 7) is 1.40. The van der Waals surface area contributed by atoms with E-state index in [9.17, 15) is 4.79 Å². The van der Waals surface area contributed by atoms with Crippen molar-refractivity contribution in [3.8, 4) is 17.2 Å². The van der Waals surface area contributed by atoms with Gasteiger partial charge < -0.3 is 9.47 Å². The van der Waals surface area contributed by atoms with Gasteiger partial charge in [-0.3, -0.25) is 4.79 Å². The minimum absolute atomic E-state index is 0.244. The first-order valence-corrected chi connectivity index (χ1v) is 8.83. The van der Waals surface area contributed by atoms with Crippen LogP contribution in [0.5, 0.6) is 17.2 Å². The molecule has 3 nitrogen and oxygen atoms in total. The van der Waals surface area contributed by atoms with Crippen molar-refractivity contribution in [2.75, 3.05) is 0 Å². The summed E-state index contributed by atoms with van der Waals surface area (Å²) in [6, 6.07) is 23.9. The van der Waals surface area contributed by atoms with Crippen LogP contribution >= 0.6 is 0 Å². The first kappa shape index (κ1) is 14.8. The maximum absolute atomic E-state index is 11.1. The monoisotopic (exact) mass is 335 g/mol. The summed E-state index contributed by atoms with van der Waals surface area (Å²) in [6.07, 6.45) is 0. The number of carbonyl (C=O) groups excluding carboxylic acids is 1. The molecule has 0 saturated carbocycles. The van der Waals surface area contributed by atoms with Crippen LogP contribution in [0, 0.1) is 0 Å².